The van der Waals surface area contributed by atoms with Crippen LogP contribution in [0.1, 0.15) is 19.4 Å². The fourth-order valence-corrected chi connectivity index (χ4v) is 2.20. The molecule has 1 aromatic rings. The molecule has 0 unspecified atom stereocenters. The van der Waals surface area contributed by atoms with Crippen LogP contribution in [0.5, 0.6) is 0 Å². The first-order valence-corrected chi connectivity index (χ1v) is 8.09. The molecule has 1 rings (SSSR count). The molecule has 0 fully saturated rings. The Balaban J connectivity index is 0.00000361. The van der Waals surface area contributed by atoms with E-state index in [1.165, 1.54) is 6.92 Å². The summed E-state index contributed by atoms with van der Waals surface area (Å²) in [5.41, 5.74) is 1.66. The maximum Gasteiger partial charge on any atom is 0.239 e. The van der Waals surface area contributed by atoms with Crippen molar-refractivity contribution in [1.82, 2.24) is 5.32 Å². The zero-order valence-electron chi connectivity index (χ0n) is 11.7. The summed E-state index contributed by atoms with van der Waals surface area (Å²) in [5.74, 6) is -0.996. The lowest BCUT2D eigenvalue weighted by molar-refractivity contribution is -0.113. The number of amides is 1. The maximum absolute atomic E-state index is 11.6. The predicted octanol–water partition coefficient (Wildman–Crippen LogP) is 1.59. The van der Waals surface area contributed by atoms with Gasteiger partial charge in [0.15, 0.2) is 9.84 Å². The van der Waals surface area contributed by atoms with Gasteiger partial charge in [0.05, 0.1) is 0 Å². The number of benzene rings is 1. The van der Waals surface area contributed by atoms with E-state index in [1.807, 2.05) is 25.1 Å². The van der Waals surface area contributed by atoms with Gasteiger partial charge >= 0.3 is 0 Å². The molecule has 0 aromatic heterocycles. The topological polar surface area (TPSA) is 75.3 Å². The van der Waals surface area contributed by atoms with Gasteiger partial charge in [-0.1, -0.05) is 26.0 Å². The van der Waals surface area contributed by atoms with Crippen molar-refractivity contribution >= 4 is 33.8 Å². The summed E-state index contributed by atoms with van der Waals surface area (Å²) in [6, 6.07) is 7.35. The summed E-state index contributed by atoms with van der Waals surface area (Å²) in [6.07, 6.45) is 0. The van der Waals surface area contributed by atoms with Crippen molar-refractivity contribution in [3.63, 3.8) is 0 Å². The molecule has 7 heteroatoms. The number of carbonyl (C=O) groups is 1. The fraction of sp³-hybridized carbons (Fsp3) is 0.462. The number of carbonyl (C=O) groups excluding carboxylic acids is 1. The van der Waals surface area contributed by atoms with Crippen LogP contribution in [0, 0.1) is 0 Å². The standard InChI is InChI=1S/C13H20N2O3S.ClH/c1-3-14-9-11-6-5-7-12(8-11)15-13(16)10-19(17,18)4-2;/h5-8,14H,3-4,9-10H2,1-2H3,(H,15,16);1H. The van der Waals surface area contributed by atoms with Crippen LogP contribution in [0.2, 0.25) is 0 Å². The number of sulfone groups is 1. The van der Waals surface area contributed by atoms with Crippen LogP contribution in [0.4, 0.5) is 5.69 Å². The van der Waals surface area contributed by atoms with Crippen LogP contribution < -0.4 is 10.6 Å². The Morgan fingerprint density at radius 2 is 1.95 bits per heavy atom. The van der Waals surface area contributed by atoms with Crippen LogP contribution in [-0.2, 0) is 21.2 Å². The number of hydrogen-bond acceptors (Lipinski definition) is 4. The van der Waals surface area contributed by atoms with Gasteiger partial charge in [0.25, 0.3) is 0 Å². The van der Waals surface area contributed by atoms with Crippen LogP contribution in [0.3, 0.4) is 0 Å². The highest BCUT2D eigenvalue weighted by Crippen LogP contribution is 2.10. The average Bonchev–Trinajstić information content (AvgIpc) is 2.36. The predicted molar refractivity (Wildman–Crippen MR) is 84.0 cm³/mol. The summed E-state index contributed by atoms with van der Waals surface area (Å²) in [5, 5.41) is 5.79. The van der Waals surface area contributed by atoms with Crippen LogP contribution in [0.25, 0.3) is 0 Å². The number of anilines is 1. The van der Waals surface area contributed by atoms with E-state index in [1.54, 1.807) is 6.07 Å². The van der Waals surface area contributed by atoms with Gasteiger partial charge in [-0.25, -0.2) is 8.42 Å². The van der Waals surface area contributed by atoms with E-state index in [0.717, 1.165) is 12.1 Å². The van der Waals surface area contributed by atoms with Crippen molar-refractivity contribution in [1.29, 1.82) is 0 Å². The maximum atomic E-state index is 11.6. The second-order valence-corrected chi connectivity index (χ2v) is 6.56. The minimum absolute atomic E-state index is 0. The largest absolute Gasteiger partial charge is 0.325 e. The molecule has 1 aromatic carbocycles. The summed E-state index contributed by atoms with van der Waals surface area (Å²) in [6.45, 7) is 5.12. The molecular weight excluding hydrogens is 300 g/mol. The van der Waals surface area contributed by atoms with Gasteiger partial charge in [0.1, 0.15) is 5.75 Å². The normalized spacial score (nSPS) is 10.7. The number of halogens is 1. The first-order valence-electron chi connectivity index (χ1n) is 6.26. The Morgan fingerprint density at radius 3 is 2.55 bits per heavy atom. The average molecular weight is 321 g/mol. The molecule has 0 aliphatic carbocycles. The van der Waals surface area contributed by atoms with E-state index in [0.29, 0.717) is 12.2 Å². The van der Waals surface area contributed by atoms with Gasteiger partial charge in [0.2, 0.25) is 5.91 Å². The van der Waals surface area contributed by atoms with Crippen molar-refractivity contribution in [2.45, 2.75) is 20.4 Å². The Labute approximate surface area is 126 Å². The highest BCUT2D eigenvalue weighted by Gasteiger charge is 2.14. The Morgan fingerprint density at radius 1 is 1.25 bits per heavy atom. The lowest BCUT2D eigenvalue weighted by atomic mass is 10.2. The van der Waals surface area contributed by atoms with Gasteiger partial charge in [-0.3, -0.25) is 4.79 Å². The molecule has 5 nitrogen and oxygen atoms in total. The minimum atomic E-state index is -3.29. The zero-order chi connectivity index (χ0) is 14.3. The molecule has 0 bridgehead atoms. The van der Waals surface area contributed by atoms with Crippen molar-refractivity contribution in [2.24, 2.45) is 0 Å². The Kier molecular flexibility index (Phi) is 8.45. The van der Waals surface area contributed by atoms with E-state index in [9.17, 15) is 13.2 Å². The molecule has 0 atom stereocenters. The van der Waals surface area contributed by atoms with Crippen molar-refractivity contribution in [3.05, 3.63) is 29.8 Å². The third kappa shape index (κ3) is 6.88. The van der Waals surface area contributed by atoms with Crippen molar-refractivity contribution in [3.8, 4) is 0 Å². The lowest BCUT2D eigenvalue weighted by Gasteiger charge is -2.08. The van der Waals surface area contributed by atoms with Crippen LogP contribution in [-0.4, -0.2) is 32.4 Å². The third-order valence-corrected chi connectivity index (χ3v) is 4.16. The lowest BCUT2D eigenvalue weighted by Crippen LogP contribution is -2.24. The summed E-state index contributed by atoms with van der Waals surface area (Å²) in [4.78, 5) is 11.6. The molecule has 0 saturated heterocycles. The molecule has 0 saturated carbocycles. The molecule has 1 amide bonds. The molecule has 114 valence electrons. The number of rotatable bonds is 7. The second kappa shape index (κ2) is 8.94. The second-order valence-electron chi connectivity index (χ2n) is 4.21. The van der Waals surface area contributed by atoms with Crippen LogP contribution in [0.15, 0.2) is 24.3 Å². The summed E-state index contributed by atoms with van der Waals surface area (Å²) in [7, 11) is -3.29. The number of hydrogen-bond donors (Lipinski definition) is 2. The molecule has 0 aliphatic heterocycles. The molecule has 0 spiro atoms. The van der Waals surface area contributed by atoms with Gasteiger partial charge in [-0.2, -0.15) is 0 Å². The monoisotopic (exact) mass is 320 g/mol. The third-order valence-electron chi connectivity index (χ3n) is 2.58. The van der Waals surface area contributed by atoms with Gasteiger partial charge in [0, 0.05) is 18.0 Å². The van der Waals surface area contributed by atoms with Crippen molar-refractivity contribution < 1.29 is 13.2 Å². The van der Waals surface area contributed by atoms with E-state index in [-0.39, 0.29) is 18.2 Å². The highest BCUT2D eigenvalue weighted by molar-refractivity contribution is 7.92. The molecule has 0 heterocycles. The molecule has 2 N–H and O–H groups in total. The van der Waals surface area contributed by atoms with Crippen LogP contribution >= 0.6 is 12.4 Å². The summed E-state index contributed by atoms with van der Waals surface area (Å²) < 4.78 is 22.7. The fourth-order valence-electron chi connectivity index (χ4n) is 1.53. The molecule has 0 aliphatic rings. The highest BCUT2D eigenvalue weighted by atomic mass is 35.5. The molecule has 20 heavy (non-hydrogen) atoms. The number of nitrogens with one attached hydrogen (secondary N) is 2. The minimum Gasteiger partial charge on any atom is -0.325 e. The quantitative estimate of drug-likeness (QED) is 0.800. The van der Waals surface area contributed by atoms with Gasteiger partial charge in [-0.05, 0) is 24.2 Å². The first kappa shape index (κ1) is 18.9. The first-order chi connectivity index (χ1) is 8.96. The SMILES string of the molecule is CCNCc1cccc(NC(=O)CS(=O)(=O)CC)c1.Cl. The molecule has 0 radical (unpaired) electrons. The van der Waals surface area contributed by atoms with Crippen molar-refractivity contribution in [2.75, 3.05) is 23.4 Å². The van der Waals surface area contributed by atoms with E-state index in [4.69, 9.17) is 0 Å². The van der Waals surface area contributed by atoms with E-state index in [2.05, 4.69) is 10.6 Å². The Hall–Kier alpha value is -1.11. The smallest absolute Gasteiger partial charge is 0.239 e. The Bertz CT molecular complexity index is 532. The zero-order valence-corrected chi connectivity index (χ0v) is 13.3. The van der Waals surface area contributed by atoms with Gasteiger partial charge < -0.3 is 10.6 Å². The van der Waals surface area contributed by atoms with E-state index < -0.39 is 21.5 Å². The summed E-state index contributed by atoms with van der Waals surface area (Å²) >= 11 is 0. The van der Waals surface area contributed by atoms with E-state index >= 15 is 0 Å². The molecular formula is C13H21ClN2O3S. The van der Waals surface area contributed by atoms with Gasteiger partial charge in [-0.15, -0.1) is 12.4 Å².